The quantitative estimate of drug-likeness (QED) is 0.634. The molecule has 2 heterocycles. The van der Waals surface area contributed by atoms with Crippen molar-refractivity contribution in [3.8, 4) is 5.75 Å². The van der Waals surface area contributed by atoms with Crippen LogP contribution >= 0.6 is 0 Å². The molecule has 32 heavy (non-hydrogen) atoms. The standard InChI is InChI=1S/C28H36N2O2/c31-28(29-14-3-4-15-29)24-12-13-27-25(20-24)19-22-8-6-9-23(18-22)21-30(26-10-7-11-26)16-2-1-5-17-32-27/h6,8-9,12-13,18,20,26H,1-5,7,10-11,14-17,19,21H2. The zero-order valence-electron chi connectivity index (χ0n) is 19.2. The van der Waals surface area contributed by atoms with Crippen molar-refractivity contribution >= 4 is 5.91 Å². The Hall–Kier alpha value is -2.33. The number of fused-ring (bicyclic) bond motifs is 3. The summed E-state index contributed by atoms with van der Waals surface area (Å²) in [5.74, 6) is 1.09. The van der Waals surface area contributed by atoms with Gasteiger partial charge in [0.1, 0.15) is 5.75 Å². The summed E-state index contributed by atoms with van der Waals surface area (Å²) in [6.07, 6.45) is 10.6. The van der Waals surface area contributed by atoms with Crippen LogP contribution in [0.3, 0.4) is 0 Å². The molecule has 2 fully saturated rings. The second kappa shape index (κ2) is 10.1. The fraction of sp³-hybridized carbons (Fsp3) is 0.536. The van der Waals surface area contributed by atoms with Crippen LogP contribution in [-0.2, 0) is 13.0 Å². The number of nitrogens with zero attached hydrogens (tertiary/aromatic N) is 2. The third-order valence-electron chi connectivity index (χ3n) is 7.41. The Morgan fingerprint density at radius 1 is 0.844 bits per heavy atom. The summed E-state index contributed by atoms with van der Waals surface area (Å²) in [4.78, 5) is 17.7. The smallest absolute Gasteiger partial charge is 0.253 e. The van der Waals surface area contributed by atoms with E-state index in [4.69, 9.17) is 4.74 Å². The van der Waals surface area contributed by atoms with Crippen LogP contribution in [0.25, 0.3) is 0 Å². The molecule has 5 rings (SSSR count). The summed E-state index contributed by atoms with van der Waals surface area (Å²) >= 11 is 0. The number of benzene rings is 2. The lowest BCUT2D eigenvalue weighted by molar-refractivity contribution is 0.0792. The zero-order chi connectivity index (χ0) is 21.8. The van der Waals surface area contributed by atoms with Crippen molar-refractivity contribution in [1.82, 2.24) is 9.80 Å². The van der Waals surface area contributed by atoms with Crippen molar-refractivity contribution in [2.24, 2.45) is 0 Å². The maximum absolute atomic E-state index is 13.0. The predicted molar refractivity (Wildman–Crippen MR) is 128 cm³/mol. The van der Waals surface area contributed by atoms with Gasteiger partial charge in [-0.15, -0.1) is 0 Å². The van der Waals surface area contributed by atoms with E-state index in [1.807, 2.05) is 17.0 Å². The van der Waals surface area contributed by atoms with Gasteiger partial charge in [-0.25, -0.2) is 0 Å². The first kappa shape index (κ1) is 21.5. The molecule has 0 unspecified atom stereocenters. The minimum atomic E-state index is 0.162. The molecule has 0 aromatic heterocycles. The van der Waals surface area contributed by atoms with Crippen LogP contribution in [0.5, 0.6) is 5.75 Å². The van der Waals surface area contributed by atoms with Crippen molar-refractivity contribution < 1.29 is 9.53 Å². The van der Waals surface area contributed by atoms with E-state index < -0.39 is 0 Å². The molecule has 170 valence electrons. The number of ether oxygens (including phenoxy) is 1. The summed E-state index contributed by atoms with van der Waals surface area (Å²) in [7, 11) is 0. The Labute approximate surface area is 192 Å². The lowest BCUT2D eigenvalue weighted by Crippen LogP contribution is -2.40. The van der Waals surface area contributed by atoms with Gasteiger partial charge in [0.25, 0.3) is 5.91 Å². The average Bonchev–Trinajstić information content (AvgIpc) is 3.30. The monoisotopic (exact) mass is 432 g/mol. The van der Waals surface area contributed by atoms with Gasteiger partial charge in [-0.1, -0.05) is 30.7 Å². The fourth-order valence-electron chi connectivity index (χ4n) is 5.31. The minimum Gasteiger partial charge on any atom is -0.493 e. The Bertz CT molecular complexity index is 931. The van der Waals surface area contributed by atoms with Gasteiger partial charge in [0.2, 0.25) is 0 Å². The van der Waals surface area contributed by atoms with Crippen LogP contribution in [0.2, 0.25) is 0 Å². The molecule has 2 aliphatic heterocycles. The third kappa shape index (κ3) is 5.01. The van der Waals surface area contributed by atoms with Gasteiger partial charge in [0.15, 0.2) is 0 Å². The van der Waals surface area contributed by atoms with Gasteiger partial charge < -0.3 is 9.64 Å². The molecule has 1 amide bonds. The number of carbonyl (C=O) groups is 1. The fourth-order valence-corrected chi connectivity index (χ4v) is 5.31. The van der Waals surface area contributed by atoms with Crippen LogP contribution in [0.15, 0.2) is 42.5 Å². The second-order valence-electron chi connectivity index (χ2n) is 9.78. The lowest BCUT2D eigenvalue weighted by atomic mass is 9.90. The number of rotatable bonds is 2. The molecule has 0 atom stereocenters. The predicted octanol–water partition coefficient (Wildman–Crippen LogP) is 5.43. The molecule has 2 aromatic carbocycles. The van der Waals surface area contributed by atoms with Crippen molar-refractivity contribution in [2.75, 3.05) is 26.2 Å². The van der Waals surface area contributed by atoms with E-state index in [0.717, 1.165) is 74.8 Å². The molecule has 4 heteroatoms. The first-order valence-corrected chi connectivity index (χ1v) is 12.6. The number of hydrogen-bond donors (Lipinski definition) is 0. The molecule has 3 aliphatic rings. The van der Waals surface area contributed by atoms with Gasteiger partial charge in [-0.05, 0) is 86.4 Å². The normalized spacial score (nSPS) is 20.7. The number of likely N-dealkylation sites (tertiary alicyclic amines) is 1. The minimum absolute atomic E-state index is 0.162. The highest BCUT2D eigenvalue weighted by Gasteiger charge is 2.25. The molecule has 2 aromatic rings. The van der Waals surface area contributed by atoms with Crippen molar-refractivity contribution in [3.63, 3.8) is 0 Å². The highest BCUT2D eigenvalue weighted by Crippen LogP contribution is 2.29. The highest BCUT2D eigenvalue weighted by molar-refractivity contribution is 5.94. The summed E-state index contributed by atoms with van der Waals surface area (Å²) in [5, 5.41) is 0. The van der Waals surface area contributed by atoms with Crippen LogP contribution < -0.4 is 4.74 Å². The van der Waals surface area contributed by atoms with Gasteiger partial charge in [0, 0.05) is 37.7 Å². The van der Waals surface area contributed by atoms with Crippen LogP contribution in [0, 0.1) is 0 Å². The largest absolute Gasteiger partial charge is 0.493 e. The van der Waals surface area contributed by atoms with E-state index in [-0.39, 0.29) is 5.91 Å². The van der Waals surface area contributed by atoms with Crippen LogP contribution in [0.4, 0.5) is 0 Å². The van der Waals surface area contributed by atoms with E-state index >= 15 is 0 Å². The van der Waals surface area contributed by atoms with Crippen molar-refractivity contribution in [2.45, 2.75) is 70.4 Å². The maximum Gasteiger partial charge on any atom is 0.253 e. The number of hydrogen-bond acceptors (Lipinski definition) is 3. The SMILES string of the molecule is O=C(c1ccc2c(c1)Cc1cccc(c1)CN(C1CCC1)CCCCCO2)N1CCCC1. The summed E-state index contributed by atoms with van der Waals surface area (Å²) in [5.41, 5.74) is 4.62. The first-order valence-electron chi connectivity index (χ1n) is 12.6. The van der Waals surface area contributed by atoms with E-state index in [2.05, 4.69) is 35.2 Å². The summed E-state index contributed by atoms with van der Waals surface area (Å²) < 4.78 is 6.23. The Morgan fingerprint density at radius 2 is 1.66 bits per heavy atom. The molecule has 4 nitrogen and oxygen atoms in total. The Kier molecular flexibility index (Phi) is 6.77. The molecule has 1 saturated heterocycles. The first-order chi connectivity index (χ1) is 15.8. The molecule has 0 spiro atoms. The van der Waals surface area contributed by atoms with Crippen LogP contribution in [0.1, 0.15) is 78.4 Å². The van der Waals surface area contributed by atoms with Crippen molar-refractivity contribution in [1.29, 1.82) is 0 Å². The molecular formula is C28H36N2O2. The van der Waals surface area contributed by atoms with Crippen LogP contribution in [-0.4, -0.2) is 48.0 Å². The third-order valence-corrected chi connectivity index (χ3v) is 7.41. The average molecular weight is 433 g/mol. The summed E-state index contributed by atoms with van der Waals surface area (Å²) in [6, 6.07) is 15.8. The van der Waals surface area contributed by atoms with Gasteiger partial charge in [-0.2, -0.15) is 0 Å². The molecule has 2 bridgehead atoms. The van der Waals surface area contributed by atoms with Crippen molar-refractivity contribution in [3.05, 3.63) is 64.7 Å². The van der Waals surface area contributed by atoms with E-state index in [9.17, 15) is 4.79 Å². The maximum atomic E-state index is 13.0. The molecule has 0 N–H and O–H groups in total. The topological polar surface area (TPSA) is 32.8 Å². The zero-order valence-corrected chi connectivity index (χ0v) is 19.2. The number of carbonyl (C=O) groups excluding carboxylic acids is 1. The molecular weight excluding hydrogens is 396 g/mol. The number of amides is 1. The lowest BCUT2D eigenvalue weighted by Gasteiger charge is -2.38. The van der Waals surface area contributed by atoms with E-state index in [1.54, 1.807) is 0 Å². The Balaban J connectivity index is 1.41. The Morgan fingerprint density at radius 3 is 2.47 bits per heavy atom. The van der Waals surface area contributed by atoms with Gasteiger partial charge >= 0.3 is 0 Å². The molecule has 0 radical (unpaired) electrons. The summed E-state index contributed by atoms with van der Waals surface area (Å²) in [6.45, 7) is 4.75. The van der Waals surface area contributed by atoms with Gasteiger partial charge in [0.05, 0.1) is 6.61 Å². The van der Waals surface area contributed by atoms with E-state index in [0.29, 0.717) is 0 Å². The highest BCUT2D eigenvalue weighted by atomic mass is 16.5. The van der Waals surface area contributed by atoms with E-state index in [1.165, 1.54) is 49.8 Å². The molecule has 1 saturated carbocycles. The van der Waals surface area contributed by atoms with Gasteiger partial charge in [-0.3, -0.25) is 9.69 Å². The molecule has 1 aliphatic carbocycles. The second-order valence-corrected chi connectivity index (χ2v) is 9.78.